The van der Waals surface area contributed by atoms with Crippen LogP contribution in [0.15, 0.2) is 22.2 Å². The molecule has 0 aromatic carbocycles. The van der Waals surface area contributed by atoms with Crippen molar-refractivity contribution in [1.82, 2.24) is 5.32 Å². The van der Waals surface area contributed by atoms with Crippen LogP contribution < -0.4 is 5.32 Å². The van der Waals surface area contributed by atoms with Crippen LogP contribution in [0.5, 0.6) is 0 Å². The molecular formula is C8H13Cl2N. The first-order valence-electron chi connectivity index (χ1n) is 3.45. The molecule has 0 amide bonds. The fraction of sp³-hybridized carbons (Fsp3) is 0.500. The molecule has 1 nitrogen and oxygen atoms in total. The summed E-state index contributed by atoms with van der Waals surface area (Å²) in [6.45, 7) is 5.58. The summed E-state index contributed by atoms with van der Waals surface area (Å²) in [6, 6.07) is 0. The molecule has 0 radical (unpaired) electrons. The molecule has 0 aliphatic carbocycles. The zero-order valence-electron chi connectivity index (χ0n) is 6.82. The minimum absolute atomic E-state index is 0.633. The topological polar surface area (TPSA) is 12.0 Å². The standard InChI is InChI=1S/C8H13Cl2N/c1-7(2)3-4-11-6-8(10)5-9/h3,5,11H,4,6H2,1-2H3/b8-5-. The molecule has 0 aromatic heterocycles. The van der Waals surface area contributed by atoms with Gasteiger partial charge in [0.05, 0.1) is 0 Å². The van der Waals surface area contributed by atoms with E-state index in [0.29, 0.717) is 11.6 Å². The molecule has 0 aliphatic rings. The Kier molecular flexibility index (Phi) is 6.73. The zero-order chi connectivity index (χ0) is 8.69. The second-order valence-corrected chi connectivity index (χ2v) is 3.17. The third kappa shape index (κ3) is 7.92. The van der Waals surface area contributed by atoms with Gasteiger partial charge in [0.2, 0.25) is 0 Å². The fourth-order valence-corrected chi connectivity index (χ4v) is 0.678. The molecule has 0 saturated carbocycles. The van der Waals surface area contributed by atoms with Gasteiger partial charge in [-0.25, -0.2) is 0 Å². The Bertz CT molecular complexity index is 157. The van der Waals surface area contributed by atoms with Crippen molar-refractivity contribution < 1.29 is 0 Å². The van der Waals surface area contributed by atoms with Crippen LogP contribution in [-0.2, 0) is 0 Å². The molecule has 1 N–H and O–H groups in total. The monoisotopic (exact) mass is 193 g/mol. The molecule has 0 heterocycles. The highest BCUT2D eigenvalue weighted by Crippen LogP contribution is 1.99. The van der Waals surface area contributed by atoms with Gasteiger partial charge in [-0.3, -0.25) is 0 Å². The van der Waals surface area contributed by atoms with E-state index in [1.54, 1.807) is 0 Å². The SMILES string of the molecule is CC(C)=CCNC/C(Cl)=C/Cl. The lowest BCUT2D eigenvalue weighted by atomic mass is 10.3. The van der Waals surface area contributed by atoms with Crippen LogP contribution in [0.25, 0.3) is 0 Å². The van der Waals surface area contributed by atoms with Crippen LogP contribution in [0.4, 0.5) is 0 Å². The number of hydrogen-bond acceptors (Lipinski definition) is 1. The van der Waals surface area contributed by atoms with Gasteiger partial charge in [0.1, 0.15) is 0 Å². The first kappa shape index (κ1) is 11.0. The molecule has 0 aromatic rings. The van der Waals surface area contributed by atoms with Gasteiger partial charge in [0.25, 0.3) is 0 Å². The summed E-state index contributed by atoms with van der Waals surface area (Å²) in [7, 11) is 0. The van der Waals surface area contributed by atoms with Crippen LogP contribution in [-0.4, -0.2) is 13.1 Å². The van der Waals surface area contributed by atoms with Crippen molar-refractivity contribution in [2.45, 2.75) is 13.8 Å². The lowest BCUT2D eigenvalue weighted by Gasteiger charge is -1.98. The molecule has 0 spiro atoms. The van der Waals surface area contributed by atoms with Crippen LogP contribution in [0.2, 0.25) is 0 Å². The first-order valence-corrected chi connectivity index (χ1v) is 4.27. The highest BCUT2D eigenvalue weighted by Gasteiger charge is 1.87. The van der Waals surface area contributed by atoms with Crippen molar-refractivity contribution in [2.24, 2.45) is 0 Å². The third-order valence-corrected chi connectivity index (χ3v) is 1.68. The summed E-state index contributed by atoms with van der Waals surface area (Å²) in [4.78, 5) is 0. The van der Waals surface area contributed by atoms with Gasteiger partial charge in [0, 0.05) is 23.7 Å². The molecular weight excluding hydrogens is 181 g/mol. The van der Waals surface area contributed by atoms with Gasteiger partial charge < -0.3 is 5.32 Å². The summed E-state index contributed by atoms with van der Waals surface area (Å²) in [5.74, 6) is 0. The normalized spacial score (nSPS) is 11.5. The number of hydrogen-bond donors (Lipinski definition) is 1. The van der Waals surface area contributed by atoms with Crippen molar-refractivity contribution in [3.63, 3.8) is 0 Å². The van der Waals surface area contributed by atoms with Gasteiger partial charge in [-0.2, -0.15) is 0 Å². The number of halogens is 2. The summed E-state index contributed by atoms with van der Waals surface area (Å²) in [5, 5.41) is 3.74. The van der Waals surface area contributed by atoms with Crippen LogP contribution >= 0.6 is 23.2 Å². The lowest BCUT2D eigenvalue weighted by Crippen LogP contribution is -2.15. The van der Waals surface area contributed by atoms with Crippen LogP contribution in [0.3, 0.4) is 0 Å². The van der Waals surface area contributed by atoms with Crippen LogP contribution in [0, 0.1) is 0 Å². The Hall–Kier alpha value is 0.0200. The third-order valence-electron chi connectivity index (χ3n) is 1.07. The maximum atomic E-state index is 5.63. The van der Waals surface area contributed by atoms with Crippen molar-refractivity contribution in [3.05, 3.63) is 22.2 Å². The van der Waals surface area contributed by atoms with E-state index in [9.17, 15) is 0 Å². The van der Waals surface area contributed by atoms with E-state index in [4.69, 9.17) is 23.2 Å². The minimum atomic E-state index is 0.633. The average Bonchev–Trinajstić information content (AvgIpc) is 1.97. The van der Waals surface area contributed by atoms with Gasteiger partial charge in [0.15, 0.2) is 0 Å². The van der Waals surface area contributed by atoms with Gasteiger partial charge >= 0.3 is 0 Å². The van der Waals surface area contributed by atoms with Gasteiger partial charge in [-0.15, -0.1) is 0 Å². The molecule has 0 rings (SSSR count). The molecule has 0 saturated heterocycles. The summed E-state index contributed by atoms with van der Waals surface area (Å²) < 4.78 is 0. The zero-order valence-corrected chi connectivity index (χ0v) is 8.34. The Balaban J connectivity index is 3.36. The average molecular weight is 194 g/mol. The number of allylic oxidation sites excluding steroid dienone is 1. The largest absolute Gasteiger partial charge is 0.308 e. The molecule has 0 bridgehead atoms. The maximum absolute atomic E-state index is 5.63. The van der Waals surface area contributed by atoms with E-state index in [2.05, 4.69) is 25.2 Å². The number of nitrogens with one attached hydrogen (secondary N) is 1. The lowest BCUT2D eigenvalue weighted by molar-refractivity contribution is 0.831. The number of rotatable bonds is 4. The molecule has 0 aliphatic heterocycles. The molecule has 11 heavy (non-hydrogen) atoms. The van der Waals surface area contributed by atoms with E-state index < -0.39 is 0 Å². The smallest absolute Gasteiger partial charge is 0.0432 e. The Morgan fingerprint density at radius 2 is 2.09 bits per heavy atom. The summed E-state index contributed by atoms with van der Waals surface area (Å²) in [5.41, 5.74) is 2.67. The second-order valence-electron chi connectivity index (χ2n) is 2.47. The predicted molar refractivity (Wildman–Crippen MR) is 52.1 cm³/mol. The van der Waals surface area contributed by atoms with E-state index in [-0.39, 0.29) is 0 Å². The van der Waals surface area contributed by atoms with Crippen molar-refractivity contribution in [2.75, 3.05) is 13.1 Å². The first-order chi connectivity index (χ1) is 5.16. The molecule has 0 atom stereocenters. The van der Waals surface area contributed by atoms with Gasteiger partial charge in [-0.1, -0.05) is 34.9 Å². The molecule has 0 unspecified atom stereocenters. The Morgan fingerprint density at radius 3 is 2.55 bits per heavy atom. The Labute approximate surface area is 78.1 Å². The van der Waals surface area contributed by atoms with E-state index in [0.717, 1.165) is 6.54 Å². The molecule has 64 valence electrons. The van der Waals surface area contributed by atoms with Crippen molar-refractivity contribution in [3.8, 4) is 0 Å². The fourth-order valence-electron chi connectivity index (χ4n) is 0.506. The summed E-state index contributed by atoms with van der Waals surface area (Å²) >= 11 is 11.0. The molecule has 0 fully saturated rings. The Morgan fingerprint density at radius 1 is 1.45 bits per heavy atom. The second kappa shape index (κ2) is 6.71. The van der Waals surface area contributed by atoms with E-state index >= 15 is 0 Å². The van der Waals surface area contributed by atoms with Crippen molar-refractivity contribution in [1.29, 1.82) is 0 Å². The quantitative estimate of drug-likeness (QED) is 0.536. The molecule has 3 heteroatoms. The van der Waals surface area contributed by atoms with E-state index in [1.165, 1.54) is 11.1 Å². The van der Waals surface area contributed by atoms with Gasteiger partial charge in [-0.05, 0) is 13.8 Å². The van der Waals surface area contributed by atoms with Crippen molar-refractivity contribution >= 4 is 23.2 Å². The highest BCUT2D eigenvalue weighted by molar-refractivity contribution is 6.36. The summed E-state index contributed by atoms with van der Waals surface area (Å²) in [6.07, 6.45) is 2.10. The van der Waals surface area contributed by atoms with Crippen LogP contribution in [0.1, 0.15) is 13.8 Å². The minimum Gasteiger partial charge on any atom is -0.308 e. The predicted octanol–water partition coefficient (Wildman–Crippen LogP) is 2.86. The maximum Gasteiger partial charge on any atom is 0.0432 e. The van der Waals surface area contributed by atoms with E-state index in [1.807, 2.05) is 0 Å². The highest BCUT2D eigenvalue weighted by atomic mass is 35.5.